The number of hydrogen-bond donors (Lipinski definition) is 3. The van der Waals surface area contributed by atoms with Gasteiger partial charge in [0.2, 0.25) is 0 Å². The van der Waals surface area contributed by atoms with E-state index in [0.29, 0.717) is 5.56 Å². The Labute approximate surface area is 98.6 Å². The zero-order chi connectivity index (χ0) is 12.7. The van der Waals surface area contributed by atoms with Crippen molar-refractivity contribution in [3.05, 3.63) is 35.4 Å². The van der Waals surface area contributed by atoms with Gasteiger partial charge in [-0.05, 0) is 23.8 Å². The van der Waals surface area contributed by atoms with Gasteiger partial charge in [0.05, 0.1) is 6.61 Å². The van der Waals surface area contributed by atoms with E-state index in [1.807, 2.05) is 0 Å². The van der Waals surface area contributed by atoms with E-state index in [1.54, 1.807) is 18.2 Å². The lowest BCUT2D eigenvalue weighted by atomic mass is 10.1. The molecule has 0 heterocycles. The Hall–Kier alpha value is -2.32. The Balaban J connectivity index is 2.87. The molecule has 1 aromatic carbocycles. The number of hydrogen-bond acceptors (Lipinski definition) is 4. The summed E-state index contributed by atoms with van der Waals surface area (Å²) in [6.07, 6.45) is 1.37. The van der Waals surface area contributed by atoms with Crippen molar-refractivity contribution in [2.75, 3.05) is 13.2 Å². The van der Waals surface area contributed by atoms with E-state index in [1.165, 1.54) is 18.2 Å². The number of nitriles is 1. The fourth-order valence-corrected chi connectivity index (χ4v) is 1.19. The molecule has 0 unspecified atom stereocenters. The van der Waals surface area contributed by atoms with Crippen LogP contribution in [0.15, 0.2) is 29.8 Å². The maximum atomic E-state index is 11.4. The normalized spacial score (nSPS) is 10.7. The maximum Gasteiger partial charge on any atom is 0.262 e. The molecular weight excluding hydrogens is 220 g/mol. The smallest absolute Gasteiger partial charge is 0.262 e. The van der Waals surface area contributed by atoms with Crippen molar-refractivity contribution < 1.29 is 15.0 Å². The van der Waals surface area contributed by atoms with E-state index in [4.69, 9.17) is 10.4 Å². The van der Waals surface area contributed by atoms with Gasteiger partial charge in [-0.25, -0.2) is 0 Å². The summed E-state index contributed by atoms with van der Waals surface area (Å²) in [4.78, 5) is 11.4. The topological polar surface area (TPSA) is 93.3 Å². The quantitative estimate of drug-likeness (QED) is 0.517. The fraction of sp³-hybridized carbons (Fsp3) is 0.167. The van der Waals surface area contributed by atoms with Crippen LogP contribution in [0.3, 0.4) is 0 Å². The van der Waals surface area contributed by atoms with Gasteiger partial charge in [0.1, 0.15) is 17.4 Å². The maximum absolute atomic E-state index is 11.4. The monoisotopic (exact) mass is 232 g/mol. The SMILES string of the molecule is N#C/C(=C\c1cccc(O)c1)C(=O)NCCO. The Kier molecular flexibility index (Phi) is 4.73. The molecule has 0 aliphatic rings. The van der Waals surface area contributed by atoms with Gasteiger partial charge in [-0.15, -0.1) is 0 Å². The summed E-state index contributed by atoms with van der Waals surface area (Å²) >= 11 is 0. The first-order valence-corrected chi connectivity index (χ1v) is 4.97. The third-order valence-electron chi connectivity index (χ3n) is 1.94. The molecule has 0 aromatic heterocycles. The zero-order valence-electron chi connectivity index (χ0n) is 9.05. The number of aromatic hydroxyl groups is 1. The van der Waals surface area contributed by atoms with E-state index in [-0.39, 0.29) is 24.5 Å². The molecule has 1 aromatic rings. The molecule has 0 fully saturated rings. The van der Waals surface area contributed by atoms with Crippen LogP contribution in [0.2, 0.25) is 0 Å². The van der Waals surface area contributed by atoms with Crippen molar-refractivity contribution in [1.29, 1.82) is 5.26 Å². The highest BCUT2D eigenvalue weighted by Gasteiger charge is 2.07. The third kappa shape index (κ3) is 3.97. The molecule has 0 saturated carbocycles. The number of nitrogens with one attached hydrogen (secondary N) is 1. The summed E-state index contributed by atoms with van der Waals surface area (Å²) in [7, 11) is 0. The van der Waals surface area contributed by atoms with Crippen LogP contribution in [0.25, 0.3) is 6.08 Å². The van der Waals surface area contributed by atoms with Crippen LogP contribution in [0.1, 0.15) is 5.56 Å². The lowest BCUT2D eigenvalue weighted by Crippen LogP contribution is -2.27. The molecule has 1 amide bonds. The van der Waals surface area contributed by atoms with Gasteiger partial charge in [0.25, 0.3) is 5.91 Å². The molecule has 0 radical (unpaired) electrons. The number of aliphatic hydroxyl groups excluding tert-OH is 1. The van der Waals surface area contributed by atoms with E-state index in [2.05, 4.69) is 5.32 Å². The summed E-state index contributed by atoms with van der Waals surface area (Å²) in [5, 5.41) is 29.0. The number of phenolic OH excluding ortho intramolecular Hbond substituents is 1. The highest BCUT2D eigenvalue weighted by atomic mass is 16.3. The number of rotatable bonds is 4. The molecule has 0 aliphatic heterocycles. The summed E-state index contributed by atoms with van der Waals surface area (Å²) in [6, 6.07) is 7.98. The van der Waals surface area contributed by atoms with Gasteiger partial charge in [0, 0.05) is 6.54 Å². The highest BCUT2D eigenvalue weighted by molar-refractivity contribution is 6.01. The van der Waals surface area contributed by atoms with Crippen LogP contribution >= 0.6 is 0 Å². The van der Waals surface area contributed by atoms with Crippen molar-refractivity contribution in [3.63, 3.8) is 0 Å². The predicted molar refractivity (Wildman–Crippen MR) is 61.8 cm³/mol. The number of amides is 1. The minimum absolute atomic E-state index is 0.0619. The Bertz CT molecular complexity index is 475. The van der Waals surface area contributed by atoms with Crippen LogP contribution in [-0.2, 0) is 4.79 Å². The van der Waals surface area contributed by atoms with E-state index in [0.717, 1.165) is 0 Å². The number of carbonyl (C=O) groups is 1. The molecule has 0 aliphatic carbocycles. The number of aliphatic hydroxyl groups is 1. The molecule has 1 rings (SSSR count). The largest absolute Gasteiger partial charge is 0.508 e. The first-order chi connectivity index (χ1) is 8.17. The number of phenols is 1. The number of carbonyl (C=O) groups excluding carboxylic acids is 1. The number of nitrogens with zero attached hydrogens (tertiary/aromatic N) is 1. The summed E-state index contributed by atoms with van der Waals surface area (Å²) in [6.45, 7) is -0.0888. The average molecular weight is 232 g/mol. The van der Waals surface area contributed by atoms with E-state index < -0.39 is 5.91 Å². The average Bonchev–Trinajstić information content (AvgIpc) is 2.33. The molecule has 5 heteroatoms. The van der Waals surface area contributed by atoms with E-state index >= 15 is 0 Å². The van der Waals surface area contributed by atoms with Gasteiger partial charge in [-0.1, -0.05) is 12.1 Å². The van der Waals surface area contributed by atoms with Crippen molar-refractivity contribution >= 4 is 12.0 Å². The molecular formula is C12H12N2O3. The predicted octanol–water partition coefficient (Wildman–Crippen LogP) is 0.408. The zero-order valence-corrected chi connectivity index (χ0v) is 9.05. The molecule has 0 spiro atoms. The van der Waals surface area contributed by atoms with Gasteiger partial charge >= 0.3 is 0 Å². The van der Waals surface area contributed by atoms with Crippen molar-refractivity contribution in [3.8, 4) is 11.8 Å². The van der Waals surface area contributed by atoms with E-state index in [9.17, 15) is 9.90 Å². The lowest BCUT2D eigenvalue weighted by molar-refractivity contribution is -0.117. The summed E-state index contributed by atoms with van der Waals surface area (Å²) in [5.41, 5.74) is 0.477. The van der Waals surface area contributed by atoms with Crippen molar-refractivity contribution in [2.24, 2.45) is 0 Å². The third-order valence-corrected chi connectivity index (χ3v) is 1.94. The van der Waals surface area contributed by atoms with Gasteiger partial charge in [-0.3, -0.25) is 4.79 Å². The Morgan fingerprint density at radius 1 is 1.53 bits per heavy atom. The van der Waals surface area contributed by atoms with Crippen LogP contribution in [0.4, 0.5) is 0 Å². The first kappa shape index (κ1) is 12.7. The minimum Gasteiger partial charge on any atom is -0.508 e. The van der Waals surface area contributed by atoms with Gasteiger partial charge in [0.15, 0.2) is 0 Å². The van der Waals surface area contributed by atoms with Gasteiger partial charge < -0.3 is 15.5 Å². The Morgan fingerprint density at radius 2 is 2.29 bits per heavy atom. The van der Waals surface area contributed by atoms with Crippen molar-refractivity contribution in [2.45, 2.75) is 0 Å². The summed E-state index contributed by atoms with van der Waals surface area (Å²) < 4.78 is 0. The van der Waals surface area contributed by atoms with Gasteiger partial charge in [-0.2, -0.15) is 5.26 Å². The Morgan fingerprint density at radius 3 is 2.88 bits per heavy atom. The standard InChI is InChI=1S/C12H12N2O3/c13-8-10(12(17)14-4-5-15)6-9-2-1-3-11(16)7-9/h1-3,6-7,15-16H,4-5H2,(H,14,17)/b10-6+. The van der Waals surface area contributed by atoms with Crippen LogP contribution in [-0.4, -0.2) is 29.3 Å². The molecule has 3 N–H and O–H groups in total. The molecule has 5 nitrogen and oxygen atoms in total. The molecule has 0 bridgehead atoms. The van der Waals surface area contributed by atoms with Crippen molar-refractivity contribution in [1.82, 2.24) is 5.32 Å². The fourth-order valence-electron chi connectivity index (χ4n) is 1.19. The molecule has 0 saturated heterocycles. The van der Waals surface area contributed by atoms with Crippen LogP contribution in [0, 0.1) is 11.3 Å². The molecule has 88 valence electrons. The van der Waals surface area contributed by atoms with Crippen LogP contribution < -0.4 is 5.32 Å². The minimum atomic E-state index is -0.551. The second-order valence-corrected chi connectivity index (χ2v) is 3.24. The lowest BCUT2D eigenvalue weighted by Gasteiger charge is -2.01. The molecule has 0 atom stereocenters. The molecule has 17 heavy (non-hydrogen) atoms. The first-order valence-electron chi connectivity index (χ1n) is 4.97. The highest BCUT2D eigenvalue weighted by Crippen LogP contribution is 2.13. The number of benzene rings is 1. The summed E-state index contributed by atoms with van der Waals surface area (Å²) in [5.74, 6) is -0.489. The second kappa shape index (κ2) is 6.30. The van der Waals surface area contributed by atoms with Crippen LogP contribution in [0.5, 0.6) is 5.75 Å². The second-order valence-electron chi connectivity index (χ2n) is 3.24.